The molecule has 0 aliphatic rings. The van der Waals surface area contributed by atoms with E-state index in [9.17, 15) is 14.4 Å². The Bertz CT molecular complexity index is 873. The molecule has 29 heavy (non-hydrogen) atoms. The van der Waals surface area contributed by atoms with Crippen molar-refractivity contribution in [2.45, 2.75) is 46.3 Å². The molecule has 0 saturated heterocycles. The molecule has 0 radical (unpaired) electrons. The van der Waals surface area contributed by atoms with Gasteiger partial charge in [0.15, 0.2) is 6.10 Å². The third-order valence-electron chi connectivity index (χ3n) is 4.47. The first-order valence-corrected chi connectivity index (χ1v) is 9.36. The van der Waals surface area contributed by atoms with Crippen LogP contribution in [-0.4, -0.2) is 30.1 Å². The topological polar surface area (TPSA) is 111 Å². The average molecular weight is 397 g/mol. The standard InChI is InChI=1S/C22H27N3O4/c1-13-10-14(2)19(15(3)11-13)25-20(26)16(4)29-21(27)18(24-22(23)28)12-17-8-6-5-7-9-17/h5-11,16,18H,12H2,1-4H3,(H,25,26)(H3,23,24,28)/t16-,18-/m0/s1. The third-order valence-corrected chi connectivity index (χ3v) is 4.47. The fraction of sp³-hybridized carbons (Fsp3) is 0.318. The van der Waals surface area contributed by atoms with Crippen LogP contribution in [0, 0.1) is 20.8 Å². The summed E-state index contributed by atoms with van der Waals surface area (Å²) in [7, 11) is 0. The number of esters is 1. The Morgan fingerprint density at radius 1 is 1.03 bits per heavy atom. The first-order chi connectivity index (χ1) is 13.7. The summed E-state index contributed by atoms with van der Waals surface area (Å²) in [6.07, 6.45) is -0.844. The van der Waals surface area contributed by atoms with Crippen molar-refractivity contribution < 1.29 is 19.1 Å². The van der Waals surface area contributed by atoms with Crippen LogP contribution in [-0.2, 0) is 20.7 Å². The molecule has 0 aliphatic heterocycles. The monoisotopic (exact) mass is 397 g/mol. The molecule has 154 valence electrons. The molecule has 0 spiro atoms. The number of rotatable bonds is 7. The predicted octanol–water partition coefficient (Wildman–Crippen LogP) is 2.76. The lowest BCUT2D eigenvalue weighted by atomic mass is 10.0. The first kappa shape index (κ1) is 21.9. The van der Waals surface area contributed by atoms with E-state index in [1.807, 2.05) is 63.2 Å². The minimum atomic E-state index is -1.05. The molecule has 2 aromatic carbocycles. The summed E-state index contributed by atoms with van der Waals surface area (Å²) >= 11 is 0. The quantitative estimate of drug-likeness (QED) is 0.624. The lowest BCUT2D eigenvalue weighted by molar-refractivity contribution is -0.155. The van der Waals surface area contributed by atoms with E-state index in [1.54, 1.807) is 0 Å². The van der Waals surface area contributed by atoms with Crippen LogP contribution >= 0.6 is 0 Å². The predicted molar refractivity (Wildman–Crippen MR) is 111 cm³/mol. The third kappa shape index (κ3) is 6.34. The van der Waals surface area contributed by atoms with Gasteiger partial charge in [0.25, 0.3) is 5.91 Å². The van der Waals surface area contributed by atoms with Crippen molar-refractivity contribution in [2.24, 2.45) is 5.73 Å². The summed E-state index contributed by atoms with van der Waals surface area (Å²) < 4.78 is 5.30. The molecule has 7 heteroatoms. The lowest BCUT2D eigenvalue weighted by Gasteiger charge is -2.20. The Labute approximate surface area is 170 Å². The van der Waals surface area contributed by atoms with Crippen molar-refractivity contribution in [2.75, 3.05) is 5.32 Å². The van der Waals surface area contributed by atoms with E-state index in [0.717, 1.165) is 22.3 Å². The van der Waals surface area contributed by atoms with E-state index in [1.165, 1.54) is 6.92 Å². The number of anilines is 1. The van der Waals surface area contributed by atoms with Crippen LogP contribution in [0.1, 0.15) is 29.2 Å². The number of carbonyl (C=O) groups is 3. The van der Waals surface area contributed by atoms with Gasteiger partial charge in [-0.2, -0.15) is 0 Å². The SMILES string of the molecule is Cc1cc(C)c(NC(=O)[C@H](C)OC(=O)[C@H](Cc2ccccc2)NC(N)=O)c(C)c1. The van der Waals surface area contributed by atoms with Gasteiger partial charge in [0.05, 0.1) is 0 Å². The van der Waals surface area contributed by atoms with Gasteiger partial charge in [-0.05, 0) is 44.4 Å². The summed E-state index contributed by atoms with van der Waals surface area (Å²) in [6, 6.07) is 11.2. The molecular weight excluding hydrogens is 370 g/mol. The van der Waals surface area contributed by atoms with E-state index in [2.05, 4.69) is 10.6 Å². The number of nitrogens with two attached hydrogens (primary N) is 1. The largest absolute Gasteiger partial charge is 0.451 e. The maximum absolute atomic E-state index is 12.6. The fourth-order valence-electron chi connectivity index (χ4n) is 3.13. The van der Waals surface area contributed by atoms with Crippen LogP contribution in [0.2, 0.25) is 0 Å². The Hall–Kier alpha value is -3.35. The van der Waals surface area contributed by atoms with Crippen LogP contribution < -0.4 is 16.4 Å². The molecule has 0 unspecified atom stereocenters. The van der Waals surface area contributed by atoms with Crippen molar-refractivity contribution >= 4 is 23.6 Å². The van der Waals surface area contributed by atoms with Gasteiger partial charge in [0.2, 0.25) is 0 Å². The number of benzene rings is 2. The summed E-state index contributed by atoms with van der Waals surface area (Å²) in [5.74, 6) is -1.18. The van der Waals surface area contributed by atoms with Gasteiger partial charge in [0, 0.05) is 12.1 Å². The second-order valence-corrected chi connectivity index (χ2v) is 7.09. The molecule has 0 saturated carbocycles. The van der Waals surface area contributed by atoms with Crippen molar-refractivity contribution in [3.05, 3.63) is 64.7 Å². The number of primary amides is 1. The van der Waals surface area contributed by atoms with Crippen LogP contribution in [0.3, 0.4) is 0 Å². The molecule has 2 aromatic rings. The van der Waals surface area contributed by atoms with Crippen molar-refractivity contribution in [3.8, 4) is 0 Å². The fourth-order valence-corrected chi connectivity index (χ4v) is 3.13. The zero-order chi connectivity index (χ0) is 21.6. The summed E-state index contributed by atoms with van der Waals surface area (Å²) in [4.78, 5) is 36.4. The molecule has 7 nitrogen and oxygen atoms in total. The highest BCUT2D eigenvalue weighted by Gasteiger charge is 2.26. The van der Waals surface area contributed by atoms with Crippen molar-refractivity contribution in [3.63, 3.8) is 0 Å². The van der Waals surface area contributed by atoms with Gasteiger partial charge in [-0.1, -0.05) is 48.0 Å². The number of urea groups is 1. The van der Waals surface area contributed by atoms with Gasteiger partial charge in [-0.25, -0.2) is 9.59 Å². The second kappa shape index (κ2) is 9.73. The highest BCUT2D eigenvalue weighted by atomic mass is 16.5. The minimum absolute atomic E-state index is 0.202. The number of hydrogen-bond donors (Lipinski definition) is 3. The Balaban J connectivity index is 2.06. The van der Waals surface area contributed by atoms with Gasteiger partial charge >= 0.3 is 12.0 Å². The van der Waals surface area contributed by atoms with Crippen LogP contribution in [0.15, 0.2) is 42.5 Å². The molecular formula is C22H27N3O4. The average Bonchev–Trinajstić information content (AvgIpc) is 2.64. The van der Waals surface area contributed by atoms with Crippen LogP contribution in [0.4, 0.5) is 10.5 Å². The van der Waals surface area contributed by atoms with Gasteiger partial charge < -0.3 is 21.1 Å². The number of ether oxygens (including phenoxy) is 1. The van der Waals surface area contributed by atoms with E-state index >= 15 is 0 Å². The highest BCUT2D eigenvalue weighted by molar-refractivity contribution is 5.97. The van der Waals surface area contributed by atoms with E-state index < -0.39 is 30.1 Å². The lowest BCUT2D eigenvalue weighted by Crippen LogP contribution is -2.47. The van der Waals surface area contributed by atoms with Gasteiger partial charge in [-0.3, -0.25) is 4.79 Å². The van der Waals surface area contributed by atoms with Gasteiger partial charge in [0.1, 0.15) is 6.04 Å². The minimum Gasteiger partial charge on any atom is -0.451 e. The molecule has 0 bridgehead atoms. The second-order valence-electron chi connectivity index (χ2n) is 7.09. The molecule has 0 aliphatic carbocycles. The zero-order valence-electron chi connectivity index (χ0n) is 17.1. The Morgan fingerprint density at radius 3 is 2.17 bits per heavy atom. The summed E-state index contributed by atoms with van der Waals surface area (Å²) in [5.41, 5.74) is 9.65. The summed E-state index contributed by atoms with van der Waals surface area (Å²) in [6.45, 7) is 7.27. The number of nitrogens with one attached hydrogen (secondary N) is 2. The normalized spacial score (nSPS) is 12.6. The molecule has 3 amide bonds. The maximum atomic E-state index is 12.6. The highest BCUT2D eigenvalue weighted by Crippen LogP contribution is 2.22. The zero-order valence-corrected chi connectivity index (χ0v) is 17.1. The number of carbonyl (C=O) groups excluding carboxylic acids is 3. The van der Waals surface area contributed by atoms with Gasteiger partial charge in [-0.15, -0.1) is 0 Å². The maximum Gasteiger partial charge on any atom is 0.329 e. The molecule has 2 rings (SSSR count). The Morgan fingerprint density at radius 2 is 1.62 bits per heavy atom. The van der Waals surface area contributed by atoms with E-state index in [0.29, 0.717) is 5.69 Å². The molecule has 0 heterocycles. The van der Waals surface area contributed by atoms with Crippen molar-refractivity contribution in [1.29, 1.82) is 0 Å². The summed E-state index contributed by atoms with van der Waals surface area (Å²) in [5, 5.41) is 5.19. The molecule has 2 atom stereocenters. The van der Waals surface area contributed by atoms with E-state index in [-0.39, 0.29) is 6.42 Å². The van der Waals surface area contributed by atoms with Crippen molar-refractivity contribution in [1.82, 2.24) is 5.32 Å². The molecule has 0 aromatic heterocycles. The molecule has 4 N–H and O–H groups in total. The molecule has 0 fully saturated rings. The first-order valence-electron chi connectivity index (χ1n) is 9.36. The van der Waals surface area contributed by atoms with Crippen LogP contribution in [0.25, 0.3) is 0 Å². The number of hydrogen-bond acceptors (Lipinski definition) is 4. The number of amides is 3. The van der Waals surface area contributed by atoms with Crippen LogP contribution in [0.5, 0.6) is 0 Å². The Kier molecular flexibility index (Phi) is 7.36. The number of aryl methyl sites for hydroxylation is 3. The smallest absolute Gasteiger partial charge is 0.329 e. The van der Waals surface area contributed by atoms with E-state index in [4.69, 9.17) is 10.5 Å².